The van der Waals surface area contributed by atoms with Crippen molar-refractivity contribution in [2.75, 3.05) is 6.61 Å². The van der Waals surface area contributed by atoms with E-state index < -0.39 is 0 Å². The van der Waals surface area contributed by atoms with Crippen LogP contribution in [0.3, 0.4) is 0 Å². The molecule has 1 N–H and O–H groups in total. The average molecular weight is 155 g/mol. The van der Waals surface area contributed by atoms with Gasteiger partial charge in [0, 0.05) is 22.4 Å². The summed E-state index contributed by atoms with van der Waals surface area (Å²) in [7, 11) is 0. The fourth-order valence-electron chi connectivity index (χ4n) is 0.600. The second kappa shape index (κ2) is 3.88. The first-order valence-corrected chi connectivity index (χ1v) is 2.39. The van der Waals surface area contributed by atoms with Gasteiger partial charge < -0.3 is 5.11 Å². The number of hydrogen-bond acceptors (Lipinski definition) is 1. The molecule has 2 heteroatoms. The van der Waals surface area contributed by atoms with Gasteiger partial charge in [-0.05, 0) is 0 Å². The van der Waals surface area contributed by atoms with Crippen LogP contribution in [0.4, 0.5) is 0 Å². The molecule has 0 aromatic rings. The van der Waals surface area contributed by atoms with Gasteiger partial charge >= 0.3 is 0 Å². The second-order valence-corrected chi connectivity index (χ2v) is 1.62. The molecular weight excluding hydrogens is 147 g/mol. The molecule has 0 fully saturated rings. The minimum Gasteiger partial charge on any atom is -0.395 e. The Balaban J connectivity index is 0.000000490. The monoisotopic (exact) mass is 154 g/mol. The number of hydrogen-bond donors (Lipinski definition) is 1. The van der Waals surface area contributed by atoms with Crippen LogP contribution >= 0.6 is 0 Å². The van der Waals surface area contributed by atoms with Gasteiger partial charge in [0.2, 0.25) is 0 Å². The molecule has 0 radical (unpaired) electrons. The third kappa shape index (κ3) is 1.81. The normalized spacial score (nSPS) is 16.6. The van der Waals surface area contributed by atoms with Crippen LogP contribution in [0.25, 0.3) is 0 Å². The first-order chi connectivity index (χ1) is 3.43. The van der Waals surface area contributed by atoms with Gasteiger partial charge in [-0.15, -0.1) is 0 Å². The maximum atomic E-state index is 8.46. The average Bonchev–Trinajstić information content (AvgIpc) is 2.14. The summed E-state index contributed by atoms with van der Waals surface area (Å²) in [6, 6.07) is 0. The van der Waals surface area contributed by atoms with Gasteiger partial charge in [-0.25, -0.2) is 0 Å². The Morgan fingerprint density at radius 3 is 2.00 bits per heavy atom. The zero-order chi connectivity index (χ0) is 5.11. The molecule has 0 saturated carbocycles. The van der Waals surface area contributed by atoms with E-state index in [0.29, 0.717) is 5.92 Å². The minimum atomic E-state index is 0. The molecule has 1 aliphatic rings. The Bertz CT molecular complexity index is 95.1. The maximum absolute atomic E-state index is 8.46. The Morgan fingerprint density at radius 2 is 1.75 bits per heavy atom. The summed E-state index contributed by atoms with van der Waals surface area (Å²) in [5, 5.41) is 8.46. The van der Waals surface area contributed by atoms with E-state index in [1.54, 1.807) is 0 Å². The van der Waals surface area contributed by atoms with Crippen molar-refractivity contribution in [3.63, 3.8) is 0 Å². The van der Waals surface area contributed by atoms with E-state index in [2.05, 4.69) is 0 Å². The molecule has 1 rings (SSSR count). The van der Waals surface area contributed by atoms with Gasteiger partial charge in [-0.2, -0.15) is 0 Å². The molecule has 48 valence electrons. The van der Waals surface area contributed by atoms with Crippen molar-refractivity contribution >= 4 is 0 Å². The summed E-state index contributed by atoms with van der Waals surface area (Å²) in [6.07, 6.45) is 7.84. The standard InChI is InChI=1S/C6H8O.Ni/c7-5-6-3-1-2-4-6;/h1-4,6-7H,5H2;. The fraction of sp³-hybridized carbons (Fsp3) is 0.333. The van der Waals surface area contributed by atoms with Gasteiger partial charge in [0.1, 0.15) is 0 Å². The quantitative estimate of drug-likeness (QED) is 0.553. The van der Waals surface area contributed by atoms with Crippen molar-refractivity contribution in [1.82, 2.24) is 0 Å². The van der Waals surface area contributed by atoms with E-state index >= 15 is 0 Å². The molecule has 8 heavy (non-hydrogen) atoms. The molecule has 0 amide bonds. The summed E-state index contributed by atoms with van der Waals surface area (Å²) < 4.78 is 0. The predicted octanol–water partition coefficient (Wildman–Crippen LogP) is 0.718. The fourth-order valence-corrected chi connectivity index (χ4v) is 0.600. The van der Waals surface area contributed by atoms with Crippen molar-refractivity contribution in [3.8, 4) is 0 Å². The number of aliphatic hydroxyl groups is 1. The minimum absolute atomic E-state index is 0. The zero-order valence-corrected chi connectivity index (χ0v) is 5.34. The van der Waals surface area contributed by atoms with Gasteiger partial charge in [-0.1, -0.05) is 24.3 Å². The van der Waals surface area contributed by atoms with E-state index in [1.165, 1.54) is 0 Å². The van der Waals surface area contributed by atoms with Gasteiger partial charge in [0.05, 0.1) is 6.61 Å². The zero-order valence-electron chi connectivity index (χ0n) is 4.36. The number of rotatable bonds is 1. The molecule has 0 heterocycles. The summed E-state index contributed by atoms with van der Waals surface area (Å²) in [6.45, 7) is 0.243. The van der Waals surface area contributed by atoms with Crippen LogP contribution in [0.5, 0.6) is 0 Å². The van der Waals surface area contributed by atoms with Crippen molar-refractivity contribution in [2.45, 2.75) is 0 Å². The van der Waals surface area contributed by atoms with Crippen LogP contribution in [0.2, 0.25) is 0 Å². The van der Waals surface area contributed by atoms with Crippen molar-refractivity contribution in [1.29, 1.82) is 0 Å². The smallest absolute Gasteiger partial charge is 0.0528 e. The summed E-state index contributed by atoms with van der Waals surface area (Å²) in [5.74, 6) is 0.292. The van der Waals surface area contributed by atoms with E-state index in [1.807, 2.05) is 24.3 Å². The Labute approximate surface area is 59.0 Å². The SMILES string of the molecule is OCC1C=CC=C1.[Ni]. The largest absolute Gasteiger partial charge is 0.395 e. The third-order valence-electron chi connectivity index (χ3n) is 1.04. The van der Waals surface area contributed by atoms with Crippen LogP contribution in [-0.2, 0) is 16.5 Å². The van der Waals surface area contributed by atoms with Crippen LogP contribution in [-0.4, -0.2) is 11.7 Å². The van der Waals surface area contributed by atoms with Crippen LogP contribution in [0, 0.1) is 5.92 Å². The van der Waals surface area contributed by atoms with Crippen LogP contribution in [0.15, 0.2) is 24.3 Å². The van der Waals surface area contributed by atoms with Crippen LogP contribution < -0.4 is 0 Å². The maximum Gasteiger partial charge on any atom is 0.0528 e. The van der Waals surface area contributed by atoms with Crippen molar-refractivity contribution in [3.05, 3.63) is 24.3 Å². The molecule has 0 aromatic heterocycles. The summed E-state index contributed by atoms with van der Waals surface area (Å²) in [5.41, 5.74) is 0. The molecule has 0 bridgehead atoms. The number of allylic oxidation sites excluding steroid dienone is 2. The predicted molar refractivity (Wildman–Crippen MR) is 28.9 cm³/mol. The number of aliphatic hydroxyl groups excluding tert-OH is 1. The van der Waals surface area contributed by atoms with Crippen molar-refractivity contribution in [2.24, 2.45) is 5.92 Å². The Kier molecular flexibility index (Phi) is 3.85. The van der Waals surface area contributed by atoms with E-state index in [-0.39, 0.29) is 23.1 Å². The Morgan fingerprint density at radius 1 is 1.25 bits per heavy atom. The first kappa shape index (κ1) is 7.93. The van der Waals surface area contributed by atoms with Gasteiger partial charge in [-0.3, -0.25) is 0 Å². The molecule has 1 aliphatic carbocycles. The first-order valence-electron chi connectivity index (χ1n) is 2.39. The molecular formula is C6H8NiO. The molecule has 0 unspecified atom stereocenters. The molecule has 0 saturated heterocycles. The van der Waals surface area contributed by atoms with E-state index in [4.69, 9.17) is 5.11 Å². The molecule has 0 aromatic carbocycles. The van der Waals surface area contributed by atoms with E-state index in [9.17, 15) is 0 Å². The summed E-state index contributed by atoms with van der Waals surface area (Å²) in [4.78, 5) is 0. The van der Waals surface area contributed by atoms with Crippen LogP contribution in [0.1, 0.15) is 0 Å². The topological polar surface area (TPSA) is 20.2 Å². The summed E-state index contributed by atoms with van der Waals surface area (Å²) >= 11 is 0. The molecule has 1 nitrogen and oxygen atoms in total. The Hall–Kier alpha value is -0.0665. The molecule has 0 aliphatic heterocycles. The van der Waals surface area contributed by atoms with Crippen molar-refractivity contribution < 1.29 is 21.6 Å². The molecule has 0 spiro atoms. The molecule has 0 atom stereocenters. The van der Waals surface area contributed by atoms with Gasteiger partial charge in [0.25, 0.3) is 0 Å². The van der Waals surface area contributed by atoms with Gasteiger partial charge in [0.15, 0.2) is 0 Å². The third-order valence-corrected chi connectivity index (χ3v) is 1.04. The van der Waals surface area contributed by atoms with E-state index in [0.717, 1.165) is 0 Å². The second-order valence-electron chi connectivity index (χ2n) is 1.62.